The first-order valence-corrected chi connectivity index (χ1v) is 15.9. The molecule has 0 radical (unpaired) electrons. The summed E-state index contributed by atoms with van der Waals surface area (Å²) in [6.07, 6.45) is 0.799. The molecule has 5 rings (SSSR count). The van der Waals surface area contributed by atoms with Crippen LogP contribution in [-0.4, -0.2) is 111 Å². The minimum atomic E-state index is -2.89. The van der Waals surface area contributed by atoms with Gasteiger partial charge in [-0.25, -0.2) is 0 Å². The second-order valence-electron chi connectivity index (χ2n) is 11.8. The van der Waals surface area contributed by atoms with Gasteiger partial charge in [0.2, 0.25) is 11.8 Å². The lowest BCUT2D eigenvalue weighted by atomic mass is 9.70. The van der Waals surface area contributed by atoms with Crippen molar-refractivity contribution in [3.05, 3.63) is 0 Å². The van der Waals surface area contributed by atoms with Gasteiger partial charge in [0.1, 0.15) is 18.0 Å². The van der Waals surface area contributed by atoms with E-state index in [-0.39, 0.29) is 58.0 Å². The molecule has 5 aliphatic rings. The van der Waals surface area contributed by atoms with E-state index in [0.29, 0.717) is 45.1 Å². The lowest BCUT2D eigenvalue weighted by molar-refractivity contribution is -0.197. The number of rotatable bonds is 8. The van der Waals surface area contributed by atoms with Gasteiger partial charge >= 0.3 is 6.61 Å². The third kappa shape index (κ3) is 7.28. The van der Waals surface area contributed by atoms with E-state index < -0.39 is 25.0 Å². The molecule has 0 aromatic rings. The fourth-order valence-electron chi connectivity index (χ4n) is 7.26. The summed E-state index contributed by atoms with van der Waals surface area (Å²) in [6, 6.07) is 0.355. The smallest absolute Gasteiger partial charge is 0.346 e. The molecule has 12 unspecified atom stereocenters. The third-order valence-corrected chi connectivity index (χ3v) is 11.0. The highest BCUT2D eigenvalue weighted by atomic mass is 35.5. The quantitative estimate of drug-likeness (QED) is 0.194. The summed E-state index contributed by atoms with van der Waals surface area (Å²) >= 11 is 8.10. The molecule has 5 N–H and O–H groups in total. The van der Waals surface area contributed by atoms with Crippen LogP contribution in [0.5, 0.6) is 0 Å². The number of likely N-dealkylation sites (tertiary alicyclic amines) is 1. The normalized spacial score (nSPS) is 43.2. The molecule has 15 heteroatoms. The molecule has 0 aliphatic carbocycles. The van der Waals surface area contributed by atoms with Crippen LogP contribution < -0.4 is 26.6 Å². The van der Waals surface area contributed by atoms with E-state index in [1.165, 1.54) is 7.11 Å². The number of alkyl halides is 3. The first-order chi connectivity index (χ1) is 19.7. The molecule has 5 heterocycles. The number of nitrogens with zero attached hydrogens (tertiary/aromatic N) is 1. The highest BCUT2D eigenvalue weighted by Crippen LogP contribution is 2.39. The zero-order valence-electron chi connectivity index (χ0n) is 23.7. The largest absolute Gasteiger partial charge is 0.380 e. The van der Waals surface area contributed by atoms with Crippen molar-refractivity contribution in [3.63, 3.8) is 0 Å². The monoisotopic (exact) mass is 624 g/mol. The molecule has 0 spiro atoms. The number of fused-ring (bicyclic) bond motifs is 1. The Labute approximate surface area is 249 Å². The fourth-order valence-corrected chi connectivity index (χ4v) is 8.96. The number of amides is 2. The second kappa shape index (κ2) is 13.9. The Morgan fingerprint density at radius 1 is 1.02 bits per heavy atom. The number of hydrogen-bond donors (Lipinski definition) is 5. The predicted octanol–water partition coefficient (Wildman–Crippen LogP) is 0.643. The van der Waals surface area contributed by atoms with Crippen LogP contribution in [0.3, 0.4) is 0 Å². The molecule has 11 nitrogen and oxygen atoms in total. The highest BCUT2D eigenvalue weighted by Gasteiger charge is 2.48. The van der Waals surface area contributed by atoms with E-state index in [4.69, 9.17) is 21.1 Å². The van der Waals surface area contributed by atoms with Gasteiger partial charge in [-0.3, -0.25) is 25.5 Å². The SMILES string of the molecule is COC1CNC(Cl)CC1C1CC(C)NCC1C(=O)NC1NC2CN(C(=O)C3CCC(OC(F)F)NC3OC)CC2S1. The van der Waals surface area contributed by atoms with Crippen LogP contribution in [0.2, 0.25) is 0 Å². The second-order valence-corrected chi connectivity index (χ2v) is 13.7. The van der Waals surface area contributed by atoms with Crippen LogP contribution in [0, 0.1) is 23.7 Å². The molecular formula is C26H43ClF2N6O5S. The van der Waals surface area contributed by atoms with Crippen molar-refractivity contribution in [3.8, 4) is 0 Å². The summed E-state index contributed by atoms with van der Waals surface area (Å²) < 4.78 is 41.0. The Balaban J connectivity index is 1.14. The van der Waals surface area contributed by atoms with Crippen molar-refractivity contribution in [2.75, 3.05) is 40.4 Å². The van der Waals surface area contributed by atoms with Crippen LogP contribution in [-0.2, 0) is 23.8 Å². The third-order valence-electron chi connectivity index (χ3n) is 9.34. The summed E-state index contributed by atoms with van der Waals surface area (Å²) in [5, 5.41) is 16.5. The molecule has 5 fully saturated rings. The van der Waals surface area contributed by atoms with Gasteiger partial charge in [-0.05, 0) is 44.4 Å². The Bertz CT molecular complexity index is 918. The van der Waals surface area contributed by atoms with Crippen molar-refractivity contribution >= 4 is 35.2 Å². The van der Waals surface area contributed by atoms with E-state index in [2.05, 4.69) is 38.2 Å². The minimum Gasteiger partial charge on any atom is -0.380 e. The molecule has 0 saturated carbocycles. The van der Waals surface area contributed by atoms with Gasteiger partial charge < -0.3 is 29.7 Å². The molecule has 234 valence electrons. The molecule has 0 bridgehead atoms. The maximum Gasteiger partial charge on any atom is 0.346 e. The van der Waals surface area contributed by atoms with E-state index in [1.54, 1.807) is 18.9 Å². The number of nitrogens with one attached hydrogen (secondary N) is 5. The summed E-state index contributed by atoms with van der Waals surface area (Å²) in [4.78, 5) is 28.8. The molecule has 5 aliphatic heterocycles. The van der Waals surface area contributed by atoms with Crippen molar-refractivity contribution in [2.45, 2.75) is 86.1 Å². The van der Waals surface area contributed by atoms with Gasteiger partial charge in [-0.2, -0.15) is 8.78 Å². The zero-order valence-corrected chi connectivity index (χ0v) is 25.3. The standard InChI is InChI=1S/C26H43ClF2N6O5S/c1-12-6-14(15-7-20(27)31-9-18(15)38-2)16(8-30-12)22(36)34-26-32-17-10-35(11-19(17)41-26)24(37)13-4-5-21(40-25(28)29)33-23(13)39-3/h12-21,23,25-26,30-33H,4-11H2,1-3H3,(H,34,36). The van der Waals surface area contributed by atoms with E-state index >= 15 is 0 Å². The lowest BCUT2D eigenvalue weighted by Gasteiger charge is -2.45. The van der Waals surface area contributed by atoms with Crippen LogP contribution in [0.4, 0.5) is 8.78 Å². The minimum absolute atomic E-state index is 0.0113. The summed E-state index contributed by atoms with van der Waals surface area (Å²) in [7, 11) is 3.17. The number of thioether (sulfide) groups is 1. The molecule has 12 atom stereocenters. The van der Waals surface area contributed by atoms with Crippen molar-refractivity contribution in [2.24, 2.45) is 23.7 Å². The van der Waals surface area contributed by atoms with Gasteiger partial charge in [0.15, 0.2) is 0 Å². The molecule has 5 saturated heterocycles. The van der Waals surface area contributed by atoms with Crippen LogP contribution >= 0.6 is 23.4 Å². The van der Waals surface area contributed by atoms with Gasteiger partial charge in [0, 0.05) is 57.7 Å². The Morgan fingerprint density at radius 2 is 1.83 bits per heavy atom. The van der Waals surface area contributed by atoms with E-state index in [1.807, 2.05) is 4.90 Å². The van der Waals surface area contributed by atoms with Gasteiger partial charge in [0.05, 0.1) is 23.4 Å². The number of methoxy groups -OCH3 is 2. The Morgan fingerprint density at radius 3 is 2.54 bits per heavy atom. The van der Waals surface area contributed by atoms with E-state index in [9.17, 15) is 18.4 Å². The van der Waals surface area contributed by atoms with Crippen molar-refractivity contribution in [1.29, 1.82) is 0 Å². The number of ether oxygens (including phenoxy) is 3. The van der Waals surface area contributed by atoms with Gasteiger partial charge in [0.25, 0.3) is 0 Å². The van der Waals surface area contributed by atoms with Crippen LogP contribution in [0.25, 0.3) is 0 Å². The Kier molecular flexibility index (Phi) is 10.7. The van der Waals surface area contributed by atoms with Crippen molar-refractivity contribution in [1.82, 2.24) is 31.5 Å². The van der Waals surface area contributed by atoms with Gasteiger partial charge in [-0.15, -0.1) is 23.4 Å². The molecular weight excluding hydrogens is 582 g/mol. The van der Waals surface area contributed by atoms with Crippen molar-refractivity contribution < 1.29 is 32.6 Å². The molecule has 0 aromatic heterocycles. The van der Waals surface area contributed by atoms with Crippen LogP contribution in [0.15, 0.2) is 0 Å². The molecule has 2 amide bonds. The highest BCUT2D eigenvalue weighted by molar-refractivity contribution is 8.00. The van der Waals surface area contributed by atoms with Crippen LogP contribution in [0.1, 0.15) is 32.6 Å². The van der Waals surface area contributed by atoms with E-state index in [0.717, 1.165) is 12.8 Å². The first-order valence-electron chi connectivity index (χ1n) is 14.5. The number of carbonyl (C=O) groups is 2. The maximum atomic E-state index is 13.6. The summed E-state index contributed by atoms with van der Waals surface area (Å²) in [5.74, 6) is -0.372. The first kappa shape index (κ1) is 31.6. The maximum absolute atomic E-state index is 13.6. The number of carbonyl (C=O) groups excluding carboxylic acids is 2. The average Bonchev–Trinajstić information content (AvgIpc) is 3.51. The predicted molar refractivity (Wildman–Crippen MR) is 150 cm³/mol. The summed E-state index contributed by atoms with van der Waals surface area (Å²) in [5.41, 5.74) is -0.370. The Hall–Kier alpha value is -0.840. The number of halogens is 3. The number of hydrogen-bond acceptors (Lipinski definition) is 10. The fraction of sp³-hybridized carbons (Fsp3) is 0.923. The summed E-state index contributed by atoms with van der Waals surface area (Å²) in [6.45, 7) is 1.60. The molecule has 0 aromatic carbocycles. The zero-order chi connectivity index (χ0) is 29.3. The number of piperidine rings is 3. The molecule has 41 heavy (non-hydrogen) atoms. The topological polar surface area (TPSA) is 125 Å². The van der Waals surface area contributed by atoms with Gasteiger partial charge in [-0.1, -0.05) is 0 Å². The average molecular weight is 625 g/mol. The lowest BCUT2D eigenvalue weighted by Crippen LogP contribution is -2.57.